The second-order valence-electron chi connectivity index (χ2n) is 5.47. The lowest BCUT2D eigenvalue weighted by atomic mass is 9.72. The molecule has 6 atom stereocenters. The molecule has 3 rings (SSSR count). The molecule has 98 valence electrons. The van der Waals surface area contributed by atoms with E-state index in [9.17, 15) is 0 Å². The molecule has 3 heterocycles. The average Bonchev–Trinajstić information content (AvgIpc) is 2.86. The summed E-state index contributed by atoms with van der Waals surface area (Å²) in [5.74, 6) is 0.917. The molecule has 5 nitrogen and oxygen atoms in total. The van der Waals surface area contributed by atoms with Gasteiger partial charge in [-0.2, -0.15) is 0 Å². The van der Waals surface area contributed by atoms with Crippen LogP contribution in [0.15, 0.2) is 0 Å². The van der Waals surface area contributed by atoms with Crippen LogP contribution < -0.4 is 0 Å². The number of hydrogen-bond acceptors (Lipinski definition) is 5. The highest BCUT2D eigenvalue weighted by Crippen LogP contribution is 2.56. The van der Waals surface area contributed by atoms with Crippen molar-refractivity contribution in [3.63, 3.8) is 0 Å². The molecule has 0 aromatic heterocycles. The van der Waals surface area contributed by atoms with Gasteiger partial charge in [-0.3, -0.25) is 9.47 Å². The summed E-state index contributed by atoms with van der Waals surface area (Å²) in [6.07, 6.45) is -1.39. The average molecular weight is 244 g/mol. The lowest BCUT2D eigenvalue weighted by Gasteiger charge is -2.35. The van der Waals surface area contributed by atoms with Crippen LogP contribution in [0.2, 0.25) is 0 Å². The zero-order valence-electron chi connectivity index (χ0n) is 10.9. The van der Waals surface area contributed by atoms with Crippen LogP contribution in [0.4, 0.5) is 0 Å². The summed E-state index contributed by atoms with van der Waals surface area (Å²) >= 11 is 0. The number of fused-ring (bicyclic) bond motifs is 5. The summed E-state index contributed by atoms with van der Waals surface area (Å²) in [5, 5.41) is 0. The van der Waals surface area contributed by atoms with E-state index in [1.807, 2.05) is 6.92 Å². The molecule has 0 aromatic carbocycles. The maximum atomic E-state index is 5.99. The molecular formula is C12H20O5. The monoisotopic (exact) mass is 244 g/mol. The molecule has 6 unspecified atom stereocenters. The fourth-order valence-electron chi connectivity index (χ4n) is 3.50. The van der Waals surface area contributed by atoms with Crippen LogP contribution in [-0.2, 0) is 23.7 Å². The molecule has 0 N–H and O–H groups in total. The number of rotatable bonds is 2. The fourth-order valence-corrected chi connectivity index (χ4v) is 3.50. The Bertz CT molecular complexity index is 329. The maximum Gasteiger partial charge on any atom is 0.413 e. The molecular weight excluding hydrogens is 224 g/mol. The van der Waals surface area contributed by atoms with E-state index in [0.29, 0.717) is 11.8 Å². The second kappa shape index (κ2) is 3.42. The van der Waals surface area contributed by atoms with Crippen molar-refractivity contribution in [2.24, 2.45) is 11.8 Å². The van der Waals surface area contributed by atoms with Crippen molar-refractivity contribution in [2.45, 2.75) is 50.8 Å². The molecule has 0 aliphatic carbocycles. The first-order chi connectivity index (χ1) is 7.97. The first-order valence-electron chi connectivity index (χ1n) is 6.11. The van der Waals surface area contributed by atoms with E-state index >= 15 is 0 Å². The highest BCUT2D eigenvalue weighted by molar-refractivity contribution is 5.14. The van der Waals surface area contributed by atoms with Crippen LogP contribution in [0, 0.1) is 11.8 Å². The largest absolute Gasteiger partial charge is 0.413 e. The lowest BCUT2D eigenvalue weighted by Crippen LogP contribution is -2.52. The van der Waals surface area contributed by atoms with Crippen molar-refractivity contribution in [2.75, 3.05) is 14.2 Å². The van der Waals surface area contributed by atoms with E-state index in [-0.39, 0.29) is 18.3 Å². The number of ether oxygens (including phenoxy) is 5. The molecule has 5 heteroatoms. The molecule has 0 radical (unpaired) electrons. The molecule has 3 fully saturated rings. The van der Waals surface area contributed by atoms with Crippen LogP contribution in [-0.4, -0.2) is 44.3 Å². The molecule has 3 aliphatic heterocycles. The third-order valence-corrected chi connectivity index (χ3v) is 4.67. The summed E-state index contributed by atoms with van der Waals surface area (Å²) in [7, 11) is 3.03. The Morgan fingerprint density at radius 3 is 2.24 bits per heavy atom. The maximum absolute atomic E-state index is 5.99. The van der Waals surface area contributed by atoms with Crippen LogP contribution in [0.25, 0.3) is 0 Å². The topological polar surface area (TPSA) is 46.2 Å². The van der Waals surface area contributed by atoms with Crippen molar-refractivity contribution >= 4 is 0 Å². The van der Waals surface area contributed by atoms with Crippen molar-refractivity contribution in [3.05, 3.63) is 0 Å². The third-order valence-electron chi connectivity index (χ3n) is 4.67. The smallest absolute Gasteiger partial charge is 0.368 e. The minimum atomic E-state index is -1.37. The van der Waals surface area contributed by atoms with Gasteiger partial charge in [-0.05, 0) is 18.8 Å². The molecule has 3 aliphatic rings. The Morgan fingerprint density at radius 2 is 1.65 bits per heavy atom. The zero-order chi connectivity index (χ0) is 12.4. The van der Waals surface area contributed by atoms with Crippen molar-refractivity contribution in [1.29, 1.82) is 0 Å². The van der Waals surface area contributed by atoms with Crippen LogP contribution in [0.1, 0.15) is 20.8 Å². The SMILES string of the molecule is COC1(OC)OC2C3OC(C(C)C3C)C2(C)O1. The first kappa shape index (κ1) is 11.9. The molecule has 3 saturated heterocycles. The predicted molar refractivity (Wildman–Crippen MR) is 58.1 cm³/mol. The minimum absolute atomic E-state index is 0.0414. The minimum Gasteiger partial charge on any atom is -0.368 e. The lowest BCUT2D eigenvalue weighted by molar-refractivity contribution is -0.467. The van der Waals surface area contributed by atoms with Gasteiger partial charge >= 0.3 is 6.16 Å². The second-order valence-corrected chi connectivity index (χ2v) is 5.47. The molecule has 0 saturated carbocycles. The molecule has 17 heavy (non-hydrogen) atoms. The molecule has 2 bridgehead atoms. The summed E-state index contributed by atoms with van der Waals surface area (Å²) < 4.78 is 28.2. The van der Waals surface area contributed by atoms with Gasteiger partial charge in [0.15, 0.2) is 0 Å². The fraction of sp³-hybridized carbons (Fsp3) is 1.00. The van der Waals surface area contributed by atoms with E-state index in [1.165, 1.54) is 14.2 Å². The van der Waals surface area contributed by atoms with Crippen molar-refractivity contribution < 1.29 is 23.7 Å². The van der Waals surface area contributed by atoms with Crippen LogP contribution >= 0.6 is 0 Å². The number of methoxy groups -OCH3 is 2. The summed E-state index contributed by atoms with van der Waals surface area (Å²) in [6.45, 7) is 6.40. The molecule has 0 aromatic rings. The zero-order valence-corrected chi connectivity index (χ0v) is 10.9. The Kier molecular flexibility index (Phi) is 2.39. The van der Waals surface area contributed by atoms with E-state index in [0.717, 1.165) is 0 Å². The van der Waals surface area contributed by atoms with Crippen molar-refractivity contribution in [1.82, 2.24) is 0 Å². The van der Waals surface area contributed by atoms with Gasteiger partial charge in [0.2, 0.25) is 0 Å². The standard InChI is InChI=1S/C12H20O5/c1-6-7(2)9-11(3)10(8(6)15-9)16-12(13-4,14-5)17-11/h6-10H,1-5H3. The van der Waals surface area contributed by atoms with E-state index in [2.05, 4.69) is 13.8 Å². The first-order valence-corrected chi connectivity index (χ1v) is 6.11. The quantitative estimate of drug-likeness (QED) is 0.681. The summed E-state index contributed by atoms with van der Waals surface area (Å²) in [4.78, 5) is 0. The molecule has 0 amide bonds. The molecule has 0 spiro atoms. The number of hydrogen-bond donors (Lipinski definition) is 0. The van der Waals surface area contributed by atoms with Gasteiger partial charge in [0, 0.05) is 14.2 Å². The van der Waals surface area contributed by atoms with Crippen LogP contribution in [0.3, 0.4) is 0 Å². The van der Waals surface area contributed by atoms with E-state index in [1.54, 1.807) is 0 Å². The Labute approximate surface area is 101 Å². The Balaban J connectivity index is 1.93. The van der Waals surface area contributed by atoms with E-state index < -0.39 is 11.8 Å². The van der Waals surface area contributed by atoms with Crippen LogP contribution in [0.5, 0.6) is 0 Å². The highest BCUT2D eigenvalue weighted by atomic mass is 17.0. The summed E-state index contributed by atoms with van der Waals surface area (Å²) in [5.41, 5.74) is -0.484. The van der Waals surface area contributed by atoms with Gasteiger partial charge in [0.25, 0.3) is 0 Å². The highest BCUT2D eigenvalue weighted by Gasteiger charge is 2.72. The predicted octanol–water partition coefficient (Wildman–Crippen LogP) is 1.12. The van der Waals surface area contributed by atoms with Crippen molar-refractivity contribution in [3.8, 4) is 0 Å². The van der Waals surface area contributed by atoms with Gasteiger partial charge in [-0.1, -0.05) is 13.8 Å². The van der Waals surface area contributed by atoms with E-state index in [4.69, 9.17) is 23.7 Å². The Hall–Kier alpha value is -0.200. The summed E-state index contributed by atoms with van der Waals surface area (Å²) in [6, 6.07) is 0. The van der Waals surface area contributed by atoms with Gasteiger partial charge < -0.3 is 14.2 Å². The van der Waals surface area contributed by atoms with Gasteiger partial charge in [0.1, 0.15) is 11.7 Å². The van der Waals surface area contributed by atoms with Gasteiger partial charge in [-0.25, -0.2) is 0 Å². The van der Waals surface area contributed by atoms with Gasteiger partial charge in [0.05, 0.1) is 12.2 Å². The normalized spacial score (nSPS) is 55.2. The van der Waals surface area contributed by atoms with Gasteiger partial charge in [-0.15, -0.1) is 0 Å². The Morgan fingerprint density at radius 1 is 1.00 bits per heavy atom. The third kappa shape index (κ3) is 1.26.